The molecule has 162 valence electrons. The molecule has 11 heteroatoms. The van der Waals surface area contributed by atoms with Crippen molar-refractivity contribution in [3.8, 4) is 0 Å². The number of aliphatic imine (C=N–C) groups is 1. The lowest BCUT2D eigenvalue weighted by molar-refractivity contribution is -0.385. The number of hydrogen-bond acceptors (Lipinski definition) is 5. The van der Waals surface area contributed by atoms with Gasteiger partial charge in [0.05, 0.1) is 9.82 Å². The monoisotopic (exact) mass is 537 g/mol. The number of nitrogens with zero attached hydrogens (tertiary/aromatic N) is 3. The molecule has 1 aromatic carbocycles. The minimum atomic E-state index is -3.81. The maximum absolute atomic E-state index is 12.3. The zero-order chi connectivity index (χ0) is 20.1. The van der Waals surface area contributed by atoms with Crippen LogP contribution in [0.3, 0.4) is 0 Å². The molecular formula is C18H28IN5O4S. The molecule has 9 nitrogen and oxygen atoms in total. The number of benzene rings is 1. The SMILES string of the molecule is CN=C(NCCNS(=O)(=O)c1cccc([N+](=O)[O-])c1)N1CC2CCCCC2C1.I. The Morgan fingerprint density at radius 3 is 2.48 bits per heavy atom. The third-order valence-electron chi connectivity index (χ3n) is 5.53. The summed E-state index contributed by atoms with van der Waals surface area (Å²) in [5.41, 5.74) is -0.253. The number of non-ortho nitro benzene ring substituents is 1. The molecule has 3 rings (SSSR count). The number of likely N-dealkylation sites (tertiary alicyclic amines) is 1. The maximum Gasteiger partial charge on any atom is 0.270 e. The first-order valence-electron chi connectivity index (χ1n) is 9.60. The zero-order valence-electron chi connectivity index (χ0n) is 16.4. The van der Waals surface area contributed by atoms with Gasteiger partial charge in [0.1, 0.15) is 0 Å². The molecular weight excluding hydrogens is 509 g/mol. The van der Waals surface area contributed by atoms with Crippen LogP contribution in [0.25, 0.3) is 0 Å². The number of nitrogens with one attached hydrogen (secondary N) is 2. The quantitative estimate of drug-likeness (QED) is 0.144. The van der Waals surface area contributed by atoms with Crippen LogP contribution in [0.5, 0.6) is 0 Å². The molecule has 2 unspecified atom stereocenters. The molecule has 0 bridgehead atoms. The second kappa shape index (κ2) is 10.5. The third-order valence-corrected chi connectivity index (χ3v) is 6.99. The number of nitro groups is 1. The highest BCUT2D eigenvalue weighted by molar-refractivity contribution is 14.0. The van der Waals surface area contributed by atoms with E-state index in [9.17, 15) is 18.5 Å². The largest absolute Gasteiger partial charge is 0.355 e. The molecule has 1 saturated carbocycles. The van der Waals surface area contributed by atoms with E-state index in [1.54, 1.807) is 7.05 Å². The van der Waals surface area contributed by atoms with Crippen LogP contribution in [0.15, 0.2) is 34.2 Å². The Morgan fingerprint density at radius 1 is 1.24 bits per heavy atom. The normalized spacial score (nSPS) is 22.0. The molecule has 2 N–H and O–H groups in total. The summed E-state index contributed by atoms with van der Waals surface area (Å²) in [4.78, 5) is 16.7. The Kier molecular flexibility index (Phi) is 8.64. The van der Waals surface area contributed by atoms with Gasteiger partial charge in [-0.25, -0.2) is 13.1 Å². The smallest absolute Gasteiger partial charge is 0.270 e. The van der Waals surface area contributed by atoms with Gasteiger partial charge in [0.25, 0.3) is 5.69 Å². The van der Waals surface area contributed by atoms with Crippen LogP contribution in [-0.2, 0) is 10.0 Å². The van der Waals surface area contributed by atoms with Crippen molar-refractivity contribution >= 4 is 45.6 Å². The molecule has 0 amide bonds. The maximum atomic E-state index is 12.3. The molecule has 2 fully saturated rings. The Morgan fingerprint density at radius 2 is 1.90 bits per heavy atom. The van der Waals surface area contributed by atoms with E-state index in [2.05, 4.69) is 19.9 Å². The first kappa shape index (κ1) is 23.8. The van der Waals surface area contributed by atoms with Gasteiger partial charge in [-0.1, -0.05) is 18.9 Å². The highest BCUT2D eigenvalue weighted by Crippen LogP contribution is 2.35. The summed E-state index contributed by atoms with van der Waals surface area (Å²) in [6, 6.07) is 5.02. The van der Waals surface area contributed by atoms with E-state index >= 15 is 0 Å². The Bertz CT molecular complexity index is 834. The van der Waals surface area contributed by atoms with E-state index in [4.69, 9.17) is 0 Å². The van der Waals surface area contributed by atoms with Crippen LogP contribution >= 0.6 is 24.0 Å². The number of rotatable bonds is 6. The van der Waals surface area contributed by atoms with Crippen LogP contribution in [-0.4, -0.2) is 57.4 Å². The lowest BCUT2D eigenvalue weighted by atomic mass is 9.82. The second-order valence-corrected chi connectivity index (χ2v) is 9.10. The van der Waals surface area contributed by atoms with Gasteiger partial charge in [0.15, 0.2) is 5.96 Å². The number of sulfonamides is 1. The molecule has 1 aliphatic carbocycles. The average molecular weight is 537 g/mol. The summed E-state index contributed by atoms with van der Waals surface area (Å²) in [5.74, 6) is 2.27. The van der Waals surface area contributed by atoms with Crippen molar-refractivity contribution in [2.24, 2.45) is 16.8 Å². The number of hydrogen-bond donors (Lipinski definition) is 2. The van der Waals surface area contributed by atoms with Gasteiger partial charge < -0.3 is 10.2 Å². The van der Waals surface area contributed by atoms with Gasteiger partial charge >= 0.3 is 0 Å². The Balaban J connectivity index is 0.00000300. The van der Waals surface area contributed by atoms with E-state index in [-0.39, 0.29) is 41.1 Å². The standard InChI is InChI=1S/C18H27N5O4S.HI/c1-19-18(22-12-14-5-2-3-6-15(14)13-22)20-9-10-21-28(26,27)17-8-4-7-16(11-17)23(24)25;/h4,7-8,11,14-15,21H,2-3,5-6,9-10,12-13H2,1H3,(H,19,20);1H. The first-order chi connectivity index (χ1) is 13.4. The number of guanidine groups is 1. The molecule has 1 saturated heterocycles. The molecule has 1 aliphatic heterocycles. The van der Waals surface area contributed by atoms with Crippen molar-refractivity contribution < 1.29 is 13.3 Å². The summed E-state index contributed by atoms with van der Waals surface area (Å²) in [5, 5.41) is 14.0. The van der Waals surface area contributed by atoms with Crippen LogP contribution < -0.4 is 10.0 Å². The van der Waals surface area contributed by atoms with E-state index in [1.807, 2.05) is 0 Å². The predicted octanol–water partition coefficient (Wildman–Crippen LogP) is 2.19. The van der Waals surface area contributed by atoms with Gasteiger partial charge in [-0.15, -0.1) is 24.0 Å². The first-order valence-corrected chi connectivity index (χ1v) is 11.1. The minimum absolute atomic E-state index is 0. The van der Waals surface area contributed by atoms with Crippen molar-refractivity contribution in [1.29, 1.82) is 0 Å². The number of nitro benzene ring substituents is 1. The zero-order valence-corrected chi connectivity index (χ0v) is 19.6. The lowest BCUT2D eigenvalue weighted by Crippen LogP contribution is -2.43. The van der Waals surface area contributed by atoms with Gasteiger partial charge in [-0.2, -0.15) is 0 Å². The summed E-state index contributed by atoms with van der Waals surface area (Å²) >= 11 is 0. The van der Waals surface area contributed by atoms with Crippen molar-refractivity contribution in [2.75, 3.05) is 33.2 Å². The highest BCUT2D eigenvalue weighted by Gasteiger charge is 2.35. The number of halogens is 1. The van der Waals surface area contributed by atoms with Crippen LogP contribution in [0.4, 0.5) is 5.69 Å². The number of fused-ring (bicyclic) bond motifs is 1. The molecule has 29 heavy (non-hydrogen) atoms. The van der Waals surface area contributed by atoms with Gasteiger partial charge in [0, 0.05) is 45.4 Å². The van der Waals surface area contributed by atoms with Crippen LogP contribution in [0, 0.1) is 22.0 Å². The van der Waals surface area contributed by atoms with Crippen molar-refractivity contribution in [3.05, 3.63) is 34.4 Å². The minimum Gasteiger partial charge on any atom is -0.355 e. The molecule has 0 radical (unpaired) electrons. The van der Waals surface area contributed by atoms with E-state index in [1.165, 1.54) is 43.9 Å². The van der Waals surface area contributed by atoms with Crippen molar-refractivity contribution in [3.63, 3.8) is 0 Å². The van der Waals surface area contributed by atoms with Crippen molar-refractivity contribution in [2.45, 2.75) is 30.6 Å². The topological polar surface area (TPSA) is 117 Å². The van der Waals surface area contributed by atoms with Crippen LogP contribution in [0.2, 0.25) is 0 Å². The highest BCUT2D eigenvalue weighted by atomic mass is 127. The molecule has 2 aliphatic rings. The average Bonchev–Trinajstić information content (AvgIpc) is 3.12. The fraction of sp³-hybridized carbons (Fsp3) is 0.611. The van der Waals surface area contributed by atoms with E-state index in [0.29, 0.717) is 6.54 Å². The molecule has 1 aromatic rings. The van der Waals surface area contributed by atoms with Crippen LogP contribution in [0.1, 0.15) is 25.7 Å². The van der Waals surface area contributed by atoms with Gasteiger partial charge in [0.2, 0.25) is 10.0 Å². The fourth-order valence-electron chi connectivity index (χ4n) is 4.12. The Hall–Kier alpha value is -1.47. The van der Waals surface area contributed by atoms with E-state index < -0.39 is 14.9 Å². The summed E-state index contributed by atoms with van der Waals surface area (Å²) in [6.07, 6.45) is 5.17. The molecule has 0 aromatic heterocycles. The fourth-order valence-corrected chi connectivity index (χ4v) is 5.19. The van der Waals surface area contributed by atoms with Gasteiger partial charge in [-0.05, 0) is 30.7 Å². The van der Waals surface area contributed by atoms with Gasteiger partial charge in [-0.3, -0.25) is 15.1 Å². The molecule has 2 atom stereocenters. The van der Waals surface area contributed by atoms with E-state index in [0.717, 1.165) is 37.0 Å². The second-order valence-electron chi connectivity index (χ2n) is 7.34. The molecule has 1 heterocycles. The Labute approximate surface area is 188 Å². The predicted molar refractivity (Wildman–Crippen MR) is 122 cm³/mol. The van der Waals surface area contributed by atoms with Crippen molar-refractivity contribution in [1.82, 2.24) is 14.9 Å². The summed E-state index contributed by atoms with van der Waals surface area (Å²) < 4.78 is 27.2. The summed E-state index contributed by atoms with van der Waals surface area (Å²) in [7, 11) is -2.07. The third kappa shape index (κ3) is 6.01. The molecule has 0 spiro atoms. The summed E-state index contributed by atoms with van der Waals surface area (Å²) in [6.45, 7) is 2.55. The lowest BCUT2D eigenvalue weighted by Gasteiger charge is -2.22.